The van der Waals surface area contributed by atoms with Gasteiger partial charge in [-0.15, -0.1) is 0 Å². The van der Waals surface area contributed by atoms with Gasteiger partial charge in [0.2, 0.25) is 5.91 Å². The lowest BCUT2D eigenvalue weighted by Gasteiger charge is -2.38. The minimum absolute atomic E-state index is 0.00974. The first kappa shape index (κ1) is 18.4. The molecule has 26 heavy (non-hydrogen) atoms. The molecule has 1 aliphatic heterocycles. The minimum Gasteiger partial charge on any atom is -0.374 e. The summed E-state index contributed by atoms with van der Waals surface area (Å²) in [4.78, 5) is 18.2. The van der Waals surface area contributed by atoms with E-state index < -0.39 is 5.54 Å². The number of rotatable bonds is 5. The van der Waals surface area contributed by atoms with Crippen LogP contribution in [0.1, 0.15) is 38.2 Å². The van der Waals surface area contributed by atoms with E-state index in [2.05, 4.69) is 35.4 Å². The first-order chi connectivity index (χ1) is 12.4. The van der Waals surface area contributed by atoms with Gasteiger partial charge < -0.3 is 10.5 Å². The summed E-state index contributed by atoms with van der Waals surface area (Å²) in [5.41, 5.74) is 7.50. The number of guanidine groups is 1. The summed E-state index contributed by atoms with van der Waals surface area (Å²) in [5.74, 6) is 0.301. The smallest absolute Gasteiger partial charge is 0.231 e. The molecule has 1 aliphatic carbocycles. The maximum absolute atomic E-state index is 12.2. The fourth-order valence-corrected chi connectivity index (χ4v) is 3.63. The van der Waals surface area contributed by atoms with Crippen molar-refractivity contribution in [1.82, 2.24) is 4.90 Å². The molecule has 5 heteroatoms. The van der Waals surface area contributed by atoms with Gasteiger partial charge in [-0.3, -0.25) is 9.69 Å². The molecule has 138 valence electrons. The van der Waals surface area contributed by atoms with Crippen molar-refractivity contribution in [2.45, 2.75) is 43.7 Å². The van der Waals surface area contributed by atoms with Crippen LogP contribution in [0.5, 0.6) is 0 Å². The van der Waals surface area contributed by atoms with Crippen LogP contribution in [0.2, 0.25) is 0 Å². The number of carbonyl (C=O) groups is 1. The van der Waals surface area contributed by atoms with E-state index in [1.165, 1.54) is 16.0 Å². The highest BCUT2D eigenvalue weighted by Gasteiger charge is 2.38. The largest absolute Gasteiger partial charge is 0.374 e. The van der Waals surface area contributed by atoms with Gasteiger partial charge in [-0.2, -0.15) is 0 Å². The maximum Gasteiger partial charge on any atom is 0.231 e. The first-order valence-electron chi connectivity index (χ1n) is 8.97. The van der Waals surface area contributed by atoms with Crippen LogP contribution < -0.4 is 5.73 Å². The number of ether oxygens (including phenoxy) is 1. The average molecular weight is 353 g/mol. The van der Waals surface area contributed by atoms with E-state index in [0.717, 1.165) is 19.3 Å². The number of carbonyl (C=O) groups excluding carboxylic acids is 1. The Morgan fingerprint density at radius 2 is 1.96 bits per heavy atom. The molecule has 0 spiro atoms. The molecule has 2 atom stereocenters. The second kappa shape index (κ2) is 7.08. The summed E-state index contributed by atoms with van der Waals surface area (Å²) in [6, 6.07) is 10.4. The lowest BCUT2D eigenvalue weighted by atomic mass is 9.79. The van der Waals surface area contributed by atoms with E-state index >= 15 is 0 Å². The quantitative estimate of drug-likeness (QED) is 0.884. The summed E-state index contributed by atoms with van der Waals surface area (Å²) in [7, 11) is 3.41. The van der Waals surface area contributed by atoms with Crippen molar-refractivity contribution in [3.63, 3.8) is 0 Å². The molecule has 1 aromatic carbocycles. The van der Waals surface area contributed by atoms with Gasteiger partial charge in [0.15, 0.2) is 5.96 Å². The Labute approximate surface area is 155 Å². The molecule has 0 fully saturated rings. The Morgan fingerprint density at radius 3 is 2.62 bits per heavy atom. The molecule has 0 radical (unpaired) electrons. The minimum atomic E-state index is -0.485. The van der Waals surface area contributed by atoms with Crippen molar-refractivity contribution in [3.8, 4) is 0 Å². The topological polar surface area (TPSA) is 67.9 Å². The SMILES string of the molecule is COC1(CCC2(C)CC(=O)N(C)C(N)=N2)C=CC=C(c2ccccc2)C1. The monoisotopic (exact) mass is 353 g/mol. The fraction of sp³-hybridized carbons (Fsp3) is 0.429. The highest BCUT2D eigenvalue weighted by atomic mass is 16.5. The molecular weight excluding hydrogens is 326 g/mol. The van der Waals surface area contributed by atoms with E-state index in [-0.39, 0.29) is 11.5 Å². The molecule has 2 aliphatic rings. The number of hydrogen-bond acceptors (Lipinski definition) is 4. The first-order valence-corrected chi connectivity index (χ1v) is 8.97. The van der Waals surface area contributed by atoms with Gasteiger partial charge in [0, 0.05) is 20.6 Å². The summed E-state index contributed by atoms with van der Waals surface area (Å²) < 4.78 is 5.94. The van der Waals surface area contributed by atoms with Crippen LogP contribution >= 0.6 is 0 Å². The Bertz CT molecular complexity index is 769. The van der Waals surface area contributed by atoms with Crippen LogP contribution in [-0.2, 0) is 9.53 Å². The number of nitrogens with zero attached hydrogens (tertiary/aromatic N) is 2. The highest BCUT2D eigenvalue weighted by Crippen LogP contribution is 2.38. The molecule has 1 heterocycles. The van der Waals surface area contributed by atoms with E-state index in [0.29, 0.717) is 12.4 Å². The number of allylic oxidation sites excluding steroid dienone is 2. The third kappa shape index (κ3) is 3.73. The Morgan fingerprint density at radius 1 is 1.23 bits per heavy atom. The normalized spacial score (nSPS) is 28.7. The third-order valence-corrected chi connectivity index (χ3v) is 5.46. The van der Waals surface area contributed by atoms with Gasteiger partial charge in [0.25, 0.3) is 0 Å². The molecule has 2 unspecified atom stereocenters. The molecule has 5 nitrogen and oxygen atoms in total. The second-order valence-corrected chi connectivity index (χ2v) is 7.46. The molecular formula is C21H27N3O2. The van der Waals surface area contributed by atoms with Crippen molar-refractivity contribution in [3.05, 3.63) is 54.1 Å². The van der Waals surface area contributed by atoms with Crippen molar-refractivity contribution in [2.24, 2.45) is 10.7 Å². The fourth-order valence-electron chi connectivity index (χ4n) is 3.63. The van der Waals surface area contributed by atoms with E-state index in [1.54, 1.807) is 14.2 Å². The Balaban J connectivity index is 1.75. The molecule has 2 N–H and O–H groups in total. The lowest BCUT2D eigenvalue weighted by molar-refractivity contribution is -0.128. The van der Waals surface area contributed by atoms with E-state index in [9.17, 15) is 4.79 Å². The van der Waals surface area contributed by atoms with Gasteiger partial charge >= 0.3 is 0 Å². The Hall–Kier alpha value is -2.40. The number of aliphatic imine (C=N–C) groups is 1. The highest BCUT2D eigenvalue weighted by molar-refractivity contribution is 5.98. The van der Waals surface area contributed by atoms with Crippen LogP contribution in [0.4, 0.5) is 0 Å². The molecule has 1 aromatic rings. The molecule has 1 amide bonds. The van der Waals surface area contributed by atoms with Crippen LogP contribution in [0, 0.1) is 0 Å². The maximum atomic E-state index is 12.2. The third-order valence-electron chi connectivity index (χ3n) is 5.46. The zero-order valence-electron chi connectivity index (χ0n) is 15.7. The van der Waals surface area contributed by atoms with Crippen LogP contribution in [-0.4, -0.2) is 42.1 Å². The van der Waals surface area contributed by atoms with Crippen LogP contribution in [0.15, 0.2) is 53.6 Å². The van der Waals surface area contributed by atoms with Gasteiger partial charge in [0.05, 0.1) is 17.6 Å². The van der Waals surface area contributed by atoms with E-state index in [4.69, 9.17) is 10.5 Å². The summed E-state index contributed by atoms with van der Waals surface area (Å²) in [5, 5.41) is 0. The molecule has 3 rings (SSSR count). The number of benzene rings is 1. The molecule has 0 aromatic heterocycles. The van der Waals surface area contributed by atoms with Gasteiger partial charge in [0.1, 0.15) is 0 Å². The van der Waals surface area contributed by atoms with Gasteiger partial charge in [-0.25, -0.2) is 4.99 Å². The molecule has 0 saturated carbocycles. The Kier molecular flexibility index (Phi) is 5.01. The zero-order chi connectivity index (χ0) is 18.8. The number of methoxy groups -OCH3 is 1. The summed E-state index contributed by atoms with van der Waals surface area (Å²) >= 11 is 0. The van der Waals surface area contributed by atoms with Crippen molar-refractivity contribution >= 4 is 17.4 Å². The summed E-state index contributed by atoms with van der Waals surface area (Å²) in [6.07, 6.45) is 9.00. The van der Waals surface area contributed by atoms with Gasteiger partial charge in [-0.05, 0) is 30.9 Å². The van der Waals surface area contributed by atoms with Gasteiger partial charge in [-0.1, -0.05) is 48.6 Å². The predicted octanol–water partition coefficient (Wildman–Crippen LogP) is 3.13. The number of amides is 1. The molecule has 0 saturated heterocycles. The van der Waals surface area contributed by atoms with E-state index in [1.807, 2.05) is 25.1 Å². The predicted molar refractivity (Wildman–Crippen MR) is 105 cm³/mol. The lowest BCUT2D eigenvalue weighted by Crippen LogP contribution is -2.49. The zero-order valence-corrected chi connectivity index (χ0v) is 15.7. The van der Waals surface area contributed by atoms with Crippen molar-refractivity contribution in [1.29, 1.82) is 0 Å². The van der Waals surface area contributed by atoms with Crippen LogP contribution in [0.25, 0.3) is 5.57 Å². The number of hydrogen-bond donors (Lipinski definition) is 1. The second-order valence-electron chi connectivity index (χ2n) is 7.46. The van der Waals surface area contributed by atoms with Crippen LogP contribution in [0.3, 0.4) is 0 Å². The number of nitrogens with two attached hydrogens (primary N) is 1. The summed E-state index contributed by atoms with van der Waals surface area (Å²) in [6.45, 7) is 1.99. The average Bonchev–Trinajstić information content (AvgIpc) is 2.65. The van der Waals surface area contributed by atoms with Crippen molar-refractivity contribution in [2.75, 3.05) is 14.2 Å². The molecule has 0 bridgehead atoms. The van der Waals surface area contributed by atoms with Crippen molar-refractivity contribution < 1.29 is 9.53 Å². The standard InChI is InChI=1S/C21H27N3O2/c1-20(15-18(25)24(2)19(22)23-20)12-13-21(26-3)11-7-10-17(14-21)16-8-5-4-6-9-16/h4-11H,12-15H2,1-3H3,(H2,22,23).